The maximum atomic E-state index is 10.3. The van der Waals surface area contributed by atoms with Gasteiger partial charge in [0.2, 0.25) is 0 Å². The standard InChI is InChI=1S/C14H18N2O2S/c17-13(18)9-3-1-2-6-10-15-14-16-11-7-4-5-8-12(11)19-14/h4-5,7-8H,1-3,6,9-10H2,(H,15,16)(H,17,18). The van der Waals surface area contributed by atoms with E-state index in [9.17, 15) is 4.79 Å². The van der Waals surface area contributed by atoms with Gasteiger partial charge >= 0.3 is 5.97 Å². The number of aromatic nitrogens is 1. The number of carboxylic acid groups (broad SMARTS) is 1. The number of rotatable bonds is 8. The Morgan fingerprint density at radius 2 is 2.00 bits per heavy atom. The Morgan fingerprint density at radius 3 is 2.79 bits per heavy atom. The number of carbonyl (C=O) groups is 1. The molecule has 0 bridgehead atoms. The van der Waals surface area contributed by atoms with Gasteiger partial charge in [0.25, 0.3) is 0 Å². The smallest absolute Gasteiger partial charge is 0.303 e. The molecule has 0 saturated carbocycles. The maximum absolute atomic E-state index is 10.3. The van der Waals surface area contributed by atoms with E-state index in [-0.39, 0.29) is 6.42 Å². The normalized spacial score (nSPS) is 10.7. The van der Waals surface area contributed by atoms with Crippen LogP contribution >= 0.6 is 11.3 Å². The molecule has 19 heavy (non-hydrogen) atoms. The van der Waals surface area contributed by atoms with Gasteiger partial charge in [0.15, 0.2) is 5.13 Å². The molecule has 0 atom stereocenters. The fraction of sp³-hybridized carbons (Fsp3) is 0.429. The number of thiazole rings is 1. The highest BCUT2D eigenvalue weighted by Crippen LogP contribution is 2.25. The Hall–Kier alpha value is -1.62. The first-order chi connectivity index (χ1) is 9.25. The molecule has 0 spiro atoms. The lowest BCUT2D eigenvalue weighted by atomic mass is 10.1. The van der Waals surface area contributed by atoms with Crippen molar-refractivity contribution >= 4 is 32.7 Å². The zero-order valence-electron chi connectivity index (χ0n) is 10.8. The van der Waals surface area contributed by atoms with Crippen molar-refractivity contribution in [1.82, 2.24) is 4.98 Å². The number of hydrogen-bond acceptors (Lipinski definition) is 4. The maximum Gasteiger partial charge on any atom is 0.303 e. The average Bonchev–Trinajstić information content (AvgIpc) is 2.79. The number of nitrogens with zero attached hydrogens (tertiary/aromatic N) is 1. The van der Waals surface area contributed by atoms with Gasteiger partial charge in [0.1, 0.15) is 0 Å². The third kappa shape index (κ3) is 4.52. The molecule has 0 aliphatic rings. The molecule has 4 nitrogen and oxygen atoms in total. The molecule has 0 aliphatic carbocycles. The van der Waals surface area contributed by atoms with Crippen molar-refractivity contribution in [3.8, 4) is 0 Å². The summed E-state index contributed by atoms with van der Waals surface area (Å²) in [5, 5.41) is 12.8. The lowest BCUT2D eigenvalue weighted by Crippen LogP contribution is -2.01. The lowest BCUT2D eigenvalue weighted by Gasteiger charge is -2.01. The molecule has 2 N–H and O–H groups in total. The van der Waals surface area contributed by atoms with Gasteiger partial charge in [-0.1, -0.05) is 36.3 Å². The van der Waals surface area contributed by atoms with Gasteiger partial charge < -0.3 is 10.4 Å². The molecule has 1 aromatic heterocycles. The molecule has 2 aromatic rings. The lowest BCUT2D eigenvalue weighted by molar-refractivity contribution is -0.137. The number of carboxylic acids is 1. The Morgan fingerprint density at radius 1 is 1.21 bits per heavy atom. The van der Waals surface area contributed by atoms with Crippen LogP contribution in [0.2, 0.25) is 0 Å². The fourth-order valence-corrected chi connectivity index (χ4v) is 2.79. The summed E-state index contributed by atoms with van der Waals surface area (Å²) in [5.74, 6) is -0.701. The molecule has 0 aliphatic heterocycles. The van der Waals surface area contributed by atoms with Crippen LogP contribution < -0.4 is 5.32 Å². The highest BCUT2D eigenvalue weighted by atomic mass is 32.1. The zero-order chi connectivity index (χ0) is 13.5. The summed E-state index contributed by atoms with van der Waals surface area (Å²) in [6.45, 7) is 0.896. The monoisotopic (exact) mass is 278 g/mol. The summed E-state index contributed by atoms with van der Waals surface area (Å²) in [6, 6.07) is 8.11. The molecule has 0 fully saturated rings. The predicted octanol–water partition coefficient (Wildman–Crippen LogP) is 3.74. The van der Waals surface area contributed by atoms with Gasteiger partial charge in [0, 0.05) is 13.0 Å². The molecule has 0 radical (unpaired) electrons. The summed E-state index contributed by atoms with van der Waals surface area (Å²) in [4.78, 5) is 14.8. The quantitative estimate of drug-likeness (QED) is 0.722. The van der Waals surface area contributed by atoms with Crippen LogP contribution in [0.3, 0.4) is 0 Å². The van der Waals surface area contributed by atoms with E-state index in [4.69, 9.17) is 5.11 Å². The predicted molar refractivity (Wildman–Crippen MR) is 78.8 cm³/mol. The highest BCUT2D eigenvalue weighted by Gasteiger charge is 2.01. The number of unbranched alkanes of at least 4 members (excludes halogenated alkanes) is 3. The van der Waals surface area contributed by atoms with Crippen molar-refractivity contribution in [3.63, 3.8) is 0 Å². The van der Waals surface area contributed by atoms with Gasteiger partial charge in [-0.05, 0) is 25.0 Å². The Kier molecular flexibility index (Phi) is 5.15. The molecule has 2 rings (SSSR count). The van der Waals surface area contributed by atoms with Crippen LogP contribution in [0.25, 0.3) is 10.2 Å². The van der Waals surface area contributed by atoms with Crippen LogP contribution in [-0.4, -0.2) is 22.6 Å². The zero-order valence-corrected chi connectivity index (χ0v) is 11.6. The Bertz CT molecular complexity index is 506. The number of hydrogen-bond donors (Lipinski definition) is 2. The van der Waals surface area contributed by atoms with Crippen molar-refractivity contribution in [2.24, 2.45) is 0 Å². The average molecular weight is 278 g/mol. The summed E-state index contributed by atoms with van der Waals surface area (Å²) < 4.78 is 1.20. The molecule has 102 valence electrons. The highest BCUT2D eigenvalue weighted by molar-refractivity contribution is 7.22. The molecule has 0 amide bonds. The van der Waals surface area contributed by atoms with Crippen molar-refractivity contribution in [2.75, 3.05) is 11.9 Å². The first-order valence-corrected chi connectivity index (χ1v) is 7.38. The second-order valence-corrected chi connectivity index (χ2v) is 5.50. The van der Waals surface area contributed by atoms with Crippen LogP contribution in [0, 0.1) is 0 Å². The molecule has 0 saturated heterocycles. The number of nitrogens with one attached hydrogen (secondary N) is 1. The van der Waals surface area contributed by atoms with Gasteiger partial charge in [-0.3, -0.25) is 4.79 Å². The summed E-state index contributed by atoms with van der Waals surface area (Å²) >= 11 is 1.67. The van der Waals surface area contributed by atoms with Crippen molar-refractivity contribution in [3.05, 3.63) is 24.3 Å². The van der Waals surface area contributed by atoms with Crippen LogP contribution in [0.5, 0.6) is 0 Å². The minimum atomic E-state index is -0.701. The van der Waals surface area contributed by atoms with Crippen LogP contribution in [0.15, 0.2) is 24.3 Å². The molecular weight excluding hydrogens is 260 g/mol. The van der Waals surface area contributed by atoms with Crippen molar-refractivity contribution in [2.45, 2.75) is 32.1 Å². The number of anilines is 1. The van der Waals surface area contributed by atoms with Gasteiger partial charge in [-0.25, -0.2) is 4.98 Å². The molecule has 1 aromatic carbocycles. The first kappa shape index (κ1) is 13.8. The number of aliphatic carboxylic acids is 1. The third-order valence-electron chi connectivity index (χ3n) is 2.89. The third-order valence-corrected chi connectivity index (χ3v) is 3.88. The van der Waals surface area contributed by atoms with E-state index in [0.29, 0.717) is 0 Å². The topological polar surface area (TPSA) is 62.2 Å². The largest absolute Gasteiger partial charge is 0.481 e. The van der Waals surface area contributed by atoms with Crippen LogP contribution in [-0.2, 0) is 4.79 Å². The van der Waals surface area contributed by atoms with E-state index in [1.165, 1.54) is 4.70 Å². The number of benzene rings is 1. The molecule has 0 unspecified atom stereocenters. The molecule has 5 heteroatoms. The van der Waals surface area contributed by atoms with Crippen molar-refractivity contribution < 1.29 is 9.90 Å². The van der Waals surface area contributed by atoms with Crippen molar-refractivity contribution in [1.29, 1.82) is 0 Å². The van der Waals surface area contributed by atoms with Crippen LogP contribution in [0.1, 0.15) is 32.1 Å². The van der Waals surface area contributed by atoms with E-state index >= 15 is 0 Å². The SMILES string of the molecule is O=C(O)CCCCCCNc1nc2ccccc2s1. The fourth-order valence-electron chi connectivity index (χ4n) is 1.90. The summed E-state index contributed by atoms with van der Waals surface area (Å²) in [7, 11) is 0. The second-order valence-electron chi connectivity index (χ2n) is 4.47. The van der Waals surface area contributed by atoms with E-state index in [0.717, 1.165) is 42.9 Å². The minimum Gasteiger partial charge on any atom is -0.481 e. The van der Waals surface area contributed by atoms with E-state index in [1.807, 2.05) is 18.2 Å². The van der Waals surface area contributed by atoms with Gasteiger partial charge in [0.05, 0.1) is 10.2 Å². The van der Waals surface area contributed by atoms with E-state index in [1.54, 1.807) is 11.3 Å². The summed E-state index contributed by atoms with van der Waals surface area (Å²) in [5.41, 5.74) is 1.04. The Balaban J connectivity index is 1.64. The second kappa shape index (κ2) is 7.09. The van der Waals surface area contributed by atoms with Crippen LogP contribution in [0.4, 0.5) is 5.13 Å². The first-order valence-electron chi connectivity index (χ1n) is 6.57. The molecular formula is C14H18N2O2S. The van der Waals surface area contributed by atoms with E-state index < -0.39 is 5.97 Å². The Labute approximate surface area is 116 Å². The minimum absolute atomic E-state index is 0.283. The molecule has 1 heterocycles. The number of fused-ring (bicyclic) bond motifs is 1. The van der Waals surface area contributed by atoms with Gasteiger partial charge in [-0.2, -0.15) is 0 Å². The number of para-hydroxylation sites is 1. The van der Waals surface area contributed by atoms with Gasteiger partial charge in [-0.15, -0.1) is 0 Å². The summed E-state index contributed by atoms with van der Waals surface area (Å²) in [6.07, 6.45) is 4.15. The van der Waals surface area contributed by atoms with E-state index in [2.05, 4.69) is 16.4 Å².